The molecule has 8 amide bonds. The third-order valence-electron chi connectivity index (χ3n) is 16.0. The highest BCUT2D eigenvalue weighted by Crippen LogP contribution is 2.32. The van der Waals surface area contributed by atoms with E-state index < -0.39 is 168 Å². The van der Waals surface area contributed by atoms with E-state index in [1.165, 1.54) is 27.8 Å². The van der Waals surface area contributed by atoms with Gasteiger partial charge in [-0.3, -0.25) is 38.4 Å². The first-order valence-corrected chi connectivity index (χ1v) is 30.1. The number of carbonyl (C=O) groups excluding carboxylic acids is 10. The summed E-state index contributed by atoms with van der Waals surface area (Å²) in [7, 11) is 1.33. The summed E-state index contributed by atoms with van der Waals surface area (Å²) in [4.78, 5) is 143. The first kappa shape index (κ1) is 72.3. The van der Waals surface area contributed by atoms with Crippen molar-refractivity contribution >= 4 is 59.4 Å². The number of likely N-dealkylation sites (N-methyl/N-ethyl adjacent to an activating group) is 1. The third-order valence-corrected chi connectivity index (χ3v) is 16.0. The van der Waals surface area contributed by atoms with Crippen LogP contribution < -0.4 is 42.5 Å². The minimum absolute atomic E-state index is 0.0466. The molecule has 26 heteroatoms. The average Bonchev–Trinajstić information content (AvgIpc) is 1.88. The zero-order valence-electron chi connectivity index (χ0n) is 52.6. The number of hydrogen-bond acceptors (Lipinski definition) is 18. The Morgan fingerprint density at radius 2 is 1.48 bits per heavy atom. The van der Waals surface area contributed by atoms with E-state index in [1.54, 1.807) is 105 Å². The number of hydrogen-bond donors (Lipinski definition) is 11. The topological polar surface area (TPSA) is 368 Å². The molecule has 3 heterocycles. The van der Waals surface area contributed by atoms with Crippen molar-refractivity contribution in [2.75, 3.05) is 39.8 Å². The van der Waals surface area contributed by atoms with Crippen LogP contribution in [0.5, 0.6) is 0 Å². The molecule has 1 aromatic rings. The minimum Gasteiger partial charge on any atom is -0.492 e. The molecule has 1 aromatic carbocycles. The van der Waals surface area contributed by atoms with Crippen molar-refractivity contribution in [2.24, 2.45) is 23.7 Å². The Labute approximate surface area is 510 Å². The summed E-state index contributed by atoms with van der Waals surface area (Å²) >= 11 is 0. The van der Waals surface area contributed by atoms with Crippen molar-refractivity contribution in [3.63, 3.8) is 0 Å². The number of esters is 2. The van der Waals surface area contributed by atoms with Gasteiger partial charge in [-0.1, -0.05) is 84.4 Å². The molecule has 14 atom stereocenters. The normalized spacial score (nSPS) is 27.9. The lowest BCUT2D eigenvalue weighted by molar-refractivity contribution is -0.160. The van der Waals surface area contributed by atoms with Crippen molar-refractivity contribution in [1.82, 2.24) is 47.4 Å². The predicted octanol–water partition coefficient (Wildman–Crippen LogP) is 0.839. The number of amides is 8. The molecule has 4 aliphatic rings. The van der Waals surface area contributed by atoms with Crippen molar-refractivity contribution < 1.29 is 82.2 Å². The highest BCUT2D eigenvalue weighted by atomic mass is 16.6. The molecule has 11 N–H and O–H groups in total. The molecular weight excluding hydrogens is 1130 g/mol. The van der Waals surface area contributed by atoms with Crippen molar-refractivity contribution in [2.45, 2.75) is 200 Å². The second kappa shape index (κ2) is 33.3. The van der Waals surface area contributed by atoms with E-state index in [0.717, 1.165) is 4.90 Å². The van der Waals surface area contributed by atoms with Gasteiger partial charge >= 0.3 is 18.0 Å². The van der Waals surface area contributed by atoms with Gasteiger partial charge in [-0.05, 0) is 102 Å². The number of allylic oxidation sites excluding steroid dienone is 3. The largest absolute Gasteiger partial charge is 0.492 e. The smallest absolute Gasteiger partial charge is 0.407 e. The summed E-state index contributed by atoms with van der Waals surface area (Å²) in [6.45, 7) is 18.0. The summed E-state index contributed by atoms with van der Waals surface area (Å²) in [5, 5.41) is 56.1. The molecule has 486 valence electrons. The number of nitrogens with one attached hydrogen (secondary N) is 8. The van der Waals surface area contributed by atoms with Gasteiger partial charge in [0, 0.05) is 39.4 Å². The van der Waals surface area contributed by atoms with Gasteiger partial charge in [0.2, 0.25) is 41.4 Å². The number of alkyl carbamates (subject to hydrolysis) is 1. The van der Waals surface area contributed by atoms with E-state index in [1.807, 2.05) is 0 Å². The fourth-order valence-corrected chi connectivity index (χ4v) is 10.0. The van der Waals surface area contributed by atoms with Crippen LogP contribution in [0.15, 0.2) is 53.8 Å². The van der Waals surface area contributed by atoms with Crippen LogP contribution in [0.4, 0.5) is 4.79 Å². The molecule has 0 spiro atoms. The molecule has 5 rings (SSSR count). The lowest BCUT2D eigenvalue weighted by atomic mass is 9.81. The van der Waals surface area contributed by atoms with Gasteiger partial charge in [0.1, 0.15) is 66.8 Å². The molecule has 2 saturated heterocycles. The van der Waals surface area contributed by atoms with E-state index in [2.05, 4.69) is 42.5 Å². The van der Waals surface area contributed by atoms with Crippen LogP contribution in [-0.4, -0.2) is 191 Å². The second-order valence-electron chi connectivity index (χ2n) is 24.4. The maximum absolute atomic E-state index is 15.5. The van der Waals surface area contributed by atoms with E-state index in [0.29, 0.717) is 29.9 Å². The average molecular weight is 1230 g/mol. The van der Waals surface area contributed by atoms with Crippen LogP contribution in [0.1, 0.15) is 127 Å². The van der Waals surface area contributed by atoms with Crippen molar-refractivity contribution in [3.8, 4) is 0 Å². The molecule has 0 saturated carbocycles. The molecule has 87 heavy (non-hydrogen) atoms. The Balaban J connectivity index is 1.95. The van der Waals surface area contributed by atoms with E-state index in [9.17, 15) is 53.7 Å². The summed E-state index contributed by atoms with van der Waals surface area (Å²) < 4.78 is 23.1. The van der Waals surface area contributed by atoms with Gasteiger partial charge in [-0.15, -0.1) is 0 Å². The Bertz CT molecular complexity index is 2630. The van der Waals surface area contributed by atoms with Crippen molar-refractivity contribution in [3.05, 3.63) is 59.4 Å². The molecular formula is C61H95N9O17. The molecule has 2 fully saturated rings. The Morgan fingerprint density at radius 1 is 0.828 bits per heavy atom. The van der Waals surface area contributed by atoms with Crippen LogP contribution in [-0.2, 0) is 68.5 Å². The monoisotopic (exact) mass is 1230 g/mol. The number of benzene rings is 1. The Hall–Kier alpha value is -7.16. The fraction of sp³-hybridized carbons (Fsp3) is 0.672. The number of carbonyl (C=O) groups is 10. The SMILES string of the molecule is CC[C@H](C)[C@H]1NC(=O)[C@@H](NC(=O)[C@H](C)[C@H](O)C(C)C)[C@@H](C)OC(=O)[C@@H]2COC(=O)CNC(=O)CCC(C)[C@](O)(CNCCCNC(=O)OC(C)(C)C)[C@@H](C)OC3=CC=C(CC3)[C@H](NC1=O)C(=O)N(C)[C@@H](Cc1ccccc1)C(=O)N[C@H]([C@@H](C)O)C(=O)N2. The maximum Gasteiger partial charge on any atom is 0.407 e. The van der Waals surface area contributed by atoms with Gasteiger partial charge < -0.3 is 81.7 Å². The number of aliphatic hydroxyl groups is 3. The fourth-order valence-electron chi connectivity index (χ4n) is 10.0. The van der Waals surface area contributed by atoms with Gasteiger partial charge in [-0.25, -0.2) is 9.59 Å². The van der Waals surface area contributed by atoms with Crippen molar-refractivity contribution in [1.29, 1.82) is 0 Å². The number of ether oxygens (including phenoxy) is 4. The molecule has 3 aliphatic heterocycles. The number of fused-ring (bicyclic) bond motifs is 13. The highest BCUT2D eigenvalue weighted by molar-refractivity contribution is 5.99. The lowest BCUT2D eigenvalue weighted by Gasteiger charge is -2.40. The summed E-state index contributed by atoms with van der Waals surface area (Å²) in [5.74, 6) is -11.3. The Morgan fingerprint density at radius 3 is 2.09 bits per heavy atom. The molecule has 1 unspecified atom stereocenters. The standard InChI is InChI=1S/C61H95N9O17/c1-14-34(4)47-54(77)69-50-41-22-24-42(25-23-41)86-39(9)61(83,32-62-27-18-28-63-59(82)87-60(10,11)12)35(5)21-26-45(72)64-30-46(73)84-31-43(58(81)85-38(8)49(56(79)66-47)68-52(75)36(6)51(74)33(2)3)65-55(78)48(37(7)71)67-53(76)44(70(13)57(50)80)29-40-19-16-15-17-20-40/h15-17,19-20,22,24,33-39,43-44,47-51,62,71,74,83H,14,18,21,23,25-32H2,1-13H3,(H,63,82)(H,64,72)(H,65,78)(H,66,79)(H,67,76)(H,68,75)(H,69,77)/t34-,35?,36+,37+,38+,39+,43-,44-,47+,48+,49-,50-,51+,61+/m0/s1. The number of cyclic esters (lactones) is 1. The highest BCUT2D eigenvalue weighted by Gasteiger charge is 2.44. The quantitative estimate of drug-likeness (QED) is 0.0658. The van der Waals surface area contributed by atoms with E-state index >= 15 is 9.59 Å². The molecule has 1 aliphatic carbocycles. The van der Waals surface area contributed by atoms with Gasteiger partial charge in [-0.2, -0.15) is 0 Å². The maximum atomic E-state index is 15.5. The summed E-state index contributed by atoms with van der Waals surface area (Å²) in [6.07, 6.45) is -2.35. The lowest BCUT2D eigenvalue weighted by Crippen LogP contribution is -2.62. The number of nitrogens with zero attached hydrogens (tertiary/aromatic N) is 1. The van der Waals surface area contributed by atoms with Crippen LogP contribution in [0.2, 0.25) is 0 Å². The van der Waals surface area contributed by atoms with Gasteiger partial charge in [0.15, 0.2) is 6.04 Å². The zero-order chi connectivity index (χ0) is 65.1. The zero-order valence-corrected chi connectivity index (χ0v) is 52.6. The number of aliphatic hydroxyl groups excluding tert-OH is 2. The number of rotatable bonds is 15. The van der Waals surface area contributed by atoms with E-state index in [4.69, 9.17) is 18.9 Å². The van der Waals surface area contributed by atoms with Crippen LogP contribution >= 0.6 is 0 Å². The van der Waals surface area contributed by atoms with Gasteiger partial charge in [0.05, 0.1) is 23.9 Å². The summed E-state index contributed by atoms with van der Waals surface area (Å²) in [5.41, 5.74) is -1.48. The summed E-state index contributed by atoms with van der Waals surface area (Å²) in [6, 6.07) is -1.56. The molecule has 0 aromatic heterocycles. The Kier molecular flexibility index (Phi) is 27.6. The molecule has 26 nitrogen and oxygen atoms in total. The third kappa shape index (κ3) is 21.6. The first-order valence-electron chi connectivity index (χ1n) is 30.1. The first-order chi connectivity index (χ1) is 40.8. The molecule has 4 bridgehead atoms. The van der Waals surface area contributed by atoms with Crippen LogP contribution in [0.3, 0.4) is 0 Å². The van der Waals surface area contributed by atoms with Crippen LogP contribution in [0.25, 0.3) is 0 Å². The molecule has 0 radical (unpaired) electrons. The second-order valence-corrected chi connectivity index (χ2v) is 24.4. The van der Waals surface area contributed by atoms with E-state index in [-0.39, 0.29) is 51.6 Å². The van der Waals surface area contributed by atoms with Gasteiger partial charge in [0.25, 0.3) is 0 Å². The minimum atomic E-state index is -1.97. The van der Waals surface area contributed by atoms with Crippen LogP contribution in [0, 0.1) is 23.7 Å². The predicted molar refractivity (Wildman–Crippen MR) is 318 cm³/mol.